The minimum Gasteiger partial charge on any atom is -0.366 e. The summed E-state index contributed by atoms with van der Waals surface area (Å²) in [4.78, 5) is 12.3. The predicted octanol–water partition coefficient (Wildman–Crippen LogP) is 1.90. The maximum absolute atomic E-state index is 4.20. The lowest BCUT2D eigenvalue weighted by molar-refractivity contribution is 0.616. The maximum Gasteiger partial charge on any atom is 0.130 e. The highest BCUT2D eigenvalue weighted by Crippen LogP contribution is 2.14. The first-order valence-electron chi connectivity index (χ1n) is 5.36. The molecule has 0 aliphatic carbocycles. The van der Waals surface area contributed by atoms with E-state index in [1.165, 1.54) is 0 Å². The molecule has 2 aromatic heterocycles. The van der Waals surface area contributed by atoms with E-state index in [9.17, 15) is 0 Å². The van der Waals surface area contributed by atoms with Gasteiger partial charge in [-0.25, -0.2) is 15.0 Å². The SMILES string of the molecule is CSc1cc(NC(C)Cn2ccnc2)ncn1. The Kier molecular flexibility index (Phi) is 3.98. The van der Waals surface area contributed by atoms with Crippen LogP contribution in [0.4, 0.5) is 5.82 Å². The van der Waals surface area contributed by atoms with Crippen LogP contribution in [0.3, 0.4) is 0 Å². The van der Waals surface area contributed by atoms with Crippen molar-refractivity contribution in [1.29, 1.82) is 0 Å². The third-order valence-electron chi connectivity index (χ3n) is 2.29. The van der Waals surface area contributed by atoms with E-state index < -0.39 is 0 Å². The molecule has 17 heavy (non-hydrogen) atoms. The van der Waals surface area contributed by atoms with Gasteiger partial charge in [0.05, 0.1) is 6.33 Å². The molecular formula is C11H15N5S. The van der Waals surface area contributed by atoms with Crippen LogP contribution in [-0.2, 0) is 6.54 Å². The van der Waals surface area contributed by atoms with Crippen molar-refractivity contribution in [3.8, 4) is 0 Å². The van der Waals surface area contributed by atoms with E-state index in [1.807, 2.05) is 29.4 Å². The van der Waals surface area contributed by atoms with Crippen molar-refractivity contribution in [2.24, 2.45) is 0 Å². The van der Waals surface area contributed by atoms with Crippen LogP contribution in [-0.4, -0.2) is 31.8 Å². The number of aromatic nitrogens is 4. The summed E-state index contributed by atoms with van der Waals surface area (Å²) in [6.45, 7) is 2.97. The molecule has 0 radical (unpaired) electrons. The summed E-state index contributed by atoms with van der Waals surface area (Å²) in [6.07, 6.45) is 9.12. The normalized spacial score (nSPS) is 12.4. The molecule has 0 aliphatic heterocycles. The van der Waals surface area contributed by atoms with Crippen molar-refractivity contribution >= 4 is 17.6 Å². The van der Waals surface area contributed by atoms with Crippen LogP contribution in [0.25, 0.3) is 0 Å². The van der Waals surface area contributed by atoms with Gasteiger partial charge < -0.3 is 9.88 Å². The molecule has 90 valence electrons. The molecule has 6 heteroatoms. The predicted molar refractivity (Wildman–Crippen MR) is 69.1 cm³/mol. The molecule has 1 atom stereocenters. The number of nitrogens with zero attached hydrogens (tertiary/aromatic N) is 4. The molecule has 0 saturated carbocycles. The summed E-state index contributed by atoms with van der Waals surface area (Å²) in [5.74, 6) is 0.858. The molecular weight excluding hydrogens is 234 g/mol. The molecule has 2 rings (SSSR count). The van der Waals surface area contributed by atoms with E-state index >= 15 is 0 Å². The fourth-order valence-electron chi connectivity index (χ4n) is 1.54. The second-order valence-corrected chi connectivity index (χ2v) is 4.58. The average molecular weight is 249 g/mol. The lowest BCUT2D eigenvalue weighted by Gasteiger charge is -2.14. The van der Waals surface area contributed by atoms with Crippen molar-refractivity contribution < 1.29 is 0 Å². The minimum atomic E-state index is 0.286. The third-order valence-corrected chi connectivity index (χ3v) is 2.93. The first kappa shape index (κ1) is 11.9. The van der Waals surface area contributed by atoms with Crippen LogP contribution in [0.5, 0.6) is 0 Å². The highest BCUT2D eigenvalue weighted by atomic mass is 32.2. The molecule has 0 spiro atoms. The van der Waals surface area contributed by atoms with Gasteiger partial charge in [0.15, 0.2) is 0 Å². The highest BCUT2D eigenvalue weighted by molar-refractivity contribution is 7.98. The molecule has 0 bridgehead atoms. The molecule has 0 saturated heterocycles. The standard InChI is InChI=1S/C11H15N5S/c1-9(6-16-4-3-12-8-16)15-10-5-11(17-2)14-7-13-10/h3-5,7-9H,6H2,1-2H3,(H,13,14,15). The molecule has 5 nitrogen and oxygen atoms in total. The smallest absolute Gasteiger partial charge is 0.130 e. The Bertz CT molecular complexity index is 457. The van der Waals surface area contributed by atoms with E-state index in [2.05, 4.69) is 27.2 Å². The van der Waals surface area contributed by atoms with E-state index in [1.54, 1.807) is 24.3 Å². The van der Waals surface area contributed by atoms with Gasteiger partial charge in [-0.1, -0.05) is 0 Å². The van der Waals surface area contributed by atoms with E-state index in [0.717, 1.165) is 17.4 Å². The van der Waals surface area contributed by atoms with Gasteiger partial charge in [0, 0.05) is 31.0 Å². The van der Waals surface area contributed by atoms with Crippen molar-refractivity contribution in [3.05, 3.63) is 31.1 Å². The van der Waals surface area contributed by atoms with E-state index in [0.29, 0.717) is 0 Å². The number of nitrogens with one attached hydrogen (secondary N) is 1. The van der Waals surface area contributed by atoms with E-state index in [4.69, 9.17) is 0 Å². The Morgan fingerprint density at radius 1 is 1.47 bits per heavy atom. The Morgan fingerprint density at radius 2 is 2.35 bits per heavy atom. The first-order valence-corrected chi connectivity index (χ1v) is 6.58. The van der Waals surface area contributed by atoms with Gasteiger partial charge in [0.25, 0.3) is 0 Å². The van der Waals surface area contributed by atoms with Gasteiger partial charge in [-0.05, 0) is 13.2 Å². The second-order valence-electron chi connectivity index (χ2n) is 3.75. The zero-order valence-electron chi connectivity index (χ0n) is 9.87. The van der Waals surface area contributed by atoms with Crippen LogP contribution >= 0.6 is 11.8 Å². The highest BCUT2D eigenvalue weighted by Gasteiger charge is 2.04. The van der Waals surface area contributed by atoms with Gasteiger partial charge in [0.1, 0.15) is 17.2 Å². The topological polar surface area (TPSA) is 55.6 Å². The fourth-order valence-corrected chi connectivity index (χ4v) is 1.92. The average Bonchev–Trinajstić information content (AvgIpc) is 2.82. The Balaban J connectivity index is 1.95. The molecule has 2 heterocycles. The maximum atomic E-state index is 4.20. The van der Waals surface area contributed by atoms with Crippen molar-refractivity contribution in [2.75, 3.05) is 11.6 Å². The zero-order chi connectivity index (χ0) is 12.1. The molecule has 1 unspecified atom stereocenters. The summed E-state index contributed by atoms with van der Waals surface area (Å²) in [6, 6.07) is 2.24. The molecule has 0 aromatic carbocycles. The van der Waals surface area contributed by atoms with Gasteiger partial charge in [-0.15, -0.1) is 11.8 Å². The van der Waals surface area contributed by atoms with Crippen LogP contribution in [0, 0.1) is 0 Å². The monoisotopic (exact) mass is 249 g/mol. The number of anilines is 1. The summed E-state index contributed by atoms with van der Waals surface area (Å²) in [5, 5.41) is 4.31. The van der Waals surface area contributed by atoms with Crippen LogP contribution < -0.4 is 5.32 Å². The Labute approximate surface area is 105 Å². The van der Waals surface area contributed by atoms with Gasteiger partial charge in [-0.3, -0.25) is 0 Å². The number of imidazole rings is 1. The summed E-state index contributed by atoms with van der Waals surface area (Å²) >= 11 is 1.61. The summed E-state index contributed by atoms with van der Waals surface area (Å²) in [5.41, 5.74) is 0. The number of hydrogen-bond donors (Lipinski definition) is 1. The van der Waals surface area contributed by atoms with Crippen LogP contribution in [0.1, 0.15) is 6.92 Å². The van der Waals surface area contributed by atoms with Crippen LogP contribution in [0.15, 0.2) is 36.1 Å². The van der Waals surface area contributed by atoms with Crippen molar-refractivity contribution in [2.45, 2.75) is 24.5 Å². The largest absolute Gasteiger partial charge is 0.366 e. The third kappa shape index (κ3) is 3.45. The molecule has 1 N–H and O–H groups in total. The van der Waals surface area contributed by atoms with Gasteiger partial charge in [-0.2, -0.15) is 0 Å². The lowest BCUT2D eigenvalue weighted by atomic mass is 10.3. The van der Waals surface area contributed by atoms with Gasteiger partial charge >= 0.3 is 0 Å². The number of rotatable bonds is 5. The summed E-state index contributed by atoms with van der Waals surface area (Å²) in [7, 11) is 0. The lowest BCUT2D eigenvalue weighted by Crippen LogP contribution is -2.21. The minimum absolute atomic E-state index is 0.286. The quantitative estimate of drug-likeness (QED) is 0.648. The molecule has 0 fully saturated rings. The summed E-state index contributed by atoms with van der Waals surface area (Å²) < 4.78 is 2.04. The second kappa shape index (κ2) is 5.67. The number of thioether (sulfide) groups is 1. The molecule has 0 aliphatic rings. The van der Waals surface area contributed by atoms with Gasteiger partial charge in [0.2, 0.25) is 0 Å². The molecule has 2 aromatic rings. The van der Waals surface area contributed by atoms with E-state index in [-0.39, 0.29) is 6.04 Å². The fraction of sp³-hybridized carbons (Fsp3) is 0.364. The number of hydrogen-bond acceptors (Lipinski definition) is 5. The van der Waals surface area contributed by atoms with Crippen LogP contribution in [0.2, 0.25) is 0 Å². The Hall–Kier alpha value is -1.56. The molecule has 0 amide bonds. The first-order chi connectivity index (χ1) is 8.28. The Morgan fingerprint density at radius 3 is 3.06 bits per heavy atom. The van der Waals surface area contributed by atoms with Crippen molar-refractivity contribution in [3.63, 3.8) is 0 Å². The van der Waals surface area contributed by atoms with Crippen molar-refractivity contribution in [1.82, 2.24) is 19.5 Å². The zero-order valence-corrected chi connectivity index (χ0v) is 10.7.